The van der Waals surface area contributed by atoms with Gasteiger partial charge in [-0.2, -0.15) is 0 Å². The third kappa shape index (κ3) is 2.93. The van der Waals surface area contributed by atoms with Crippen LogP contribution in [0.15, 0.2) is 54.7 Å². The van der Waals surface area contributed by atoms with Gasteiger partial charge in [-0.05, 0) is 53.3 Å². The maximum absolute atomic E-state index is 5.69. The first kappa shape index (κ1) is 13.7. The fourth-order valence-corrected chi connectivity index (χ4v) is 2.61. The molecule has 3 nitrogen and oxygen atoms in total. The molecule has 0 saturated heterocycles. The van der Waals surface area contributed by atoms with Gasteiger partial charge in [0.15, 0.2) is 0 Å². The highest BCUT2D eigenvalue weighted by molar-refractivity contribution is 5.80. The van der Waals surface area contributed by atoms with E-state index in [9.17, 15) is 0 Å². The standard InChI is InChI=1S/C18H20N2O/c1-21-17-5-2-14(3-6-17)8-10-20-11-9-16-12-15(13-19)4-7-18(16)20/h2-7,9,11-12H,8,10,13,19H2,1H3. The quantitative estimate of drug-likeness (QED) is 0.778. The van der Waals surface area contributed by atoms with Gasteiger partial charge in [-0.1, -0.05) is 18.2 Å². The Morgan fingerprint density at radius 1 is 1.00 bits per heavy atom. The van der Waals surface area contributed by atoms with E-state index in [-0.39, 0.29) is 0 Å². The number of hydrogen-bond acceptors (Lipinski definition) is 2. The van der Waals surface area contributed by atoms with Crippen molar-refractivity contribution >= 4 is 10.9 Å². The molecule has 0 aliphatic rings. The topological polar surface area (TPSA) is 40.2 Å². The van der Waals surface area contributed by atoms with Crippen molar-refractivity contribution < 1.29 is 4.74 Å². The van der Waals surface area contributed by atoms with Gasteiger partial charge in [0.25, 0.3) is 0 Å². The number of rotatable bonds is 5. The van der Waals surface area contributed by atoms with Gasteiger partial charge >= 0.3 is 0 Å². The number of hydrogen-bond donors (Lipinski definition) is 1. The average molecular weight is 280 g/mol. The summed E-state index contributed by atoms with van der Waals surface area (Å²) < 4.78 is 7.48. The lowest BCUT2D eigenvalue weighted by Crippen LogP contribution is -2.00. The predicted molar refractivity (Wildman–Crippen MR) is 86.5 cm³/mol. The van der Waals surface area contributed by atoms with Crippen LogP contribution in [0.1, 0.15) is 11.1 Å². The van der Waals surface area contributed by atoms with Gasteiger partial charge in [-0.15, -0.1) is 0 Å². The van der Waals surface area contributed by atoms with Gasteiger partial charge in [0.2, 0.25) is 0 Å². The Hall–Kier alpha value is -2.26. The zero-order valence-corrected chi connectivity index (χ0v) is 12.3. The Bertz CT molecular complexity index is 729. The van der Waals surface area contributed by atoms with Crippen molar-refractivity contribution in [1.82, 2.24) is 4.57 Å². The van der Waals surface area contributed by atoms with Crippen LogP contribution in [0.2, 0.25) is 0 Å². The number of aryl methyl sites for hydroxylation is 2. The normalized spacial score (nSPS) is 11.0. The molecule has 108 valence electrons. The Morgan fingerprint density at radius 2 is 1.76 bits per heavy atom. The van der Waals surface area contributed by atoms with Crippen molar-refractivity contribution in [2.45, 2.75) is 19.5 Å². The summed E-state index contributed by atoms with van der Waals surface area (Å²) in [7, 11) is 1.69. The third-order valence-electron chi connectivity index (χ3n) is 3.87. The van der Waals surface area contributed by atoms with E-state index in [0.29, 0.717) is 6.54 Å². The smallest absolute Gasteiger partial charge is 0.118 e. The molecule has 0 bridgehead atoms. The molecule has 21 heavy (non-hydrogen) atoms. The van der Waals surface area contributed by atoms with Crippen LogP contribution in [0.5, 0.6) is 5.75 Å². The summed E-state index contributed by atoms with van der Waals surface area (Å²) in [4.78, 5) is 0. The number of aromatic nitrogens is 1. The molecule has 3 heteroatoms. The molecular formula is C18H20N2O. The molecular weight excluding hydrogens is 260 g/mol. The summed E-state index contributed by atoms with van der Waals surface area (Å²) in [6.45, 7) is 1.56. The minimum absolute atomic E-state index is 0.590. The number of ether oxygens (including phenoxy) is 1. The van der Waals surface area contributed by atoms with Crippen molar-refractivity contribution in [3.8, 4) is 5.75 Å². The van der Waals surface area contributed by atoms with Gasteiger partial charge in [0.05, 0.1) is 7.11 Å². The van der Waals surface area contributed by atoms with Crippen molar-refractivity contribution in [2.24, 2.45) is 5.73 Å². The molecule has 0 radical (unpaired) electrons. The molecule has 1 heterocycles. The van der Waals surface area contributed by atoms with Gasteiger partial charge in [0.1, 0.15) is 5.75 Å². The molecule has 0 aliphatic carbocycles. The van der Waals surface area contributed by atoms with Gasteiger partial charge < -0.3 is 15.0 Å². The van der Waals surface area contributed by atoms with Crippen LogP contribution in [0.25, 0.3) is 10.9 Å². The van der Waals surface area contributed by atoms with E-state index >= 15 is 0 Å². The van der Waals surface area contributed by atoms with Gasteiger partial charge in [0, 0.05) is 24.8 Å². The highest BCUT2D eigenvalue weighted by Gasteiger charge is 2.02. The summed E-state index contributed by atoms with van der Waals surface area (Å²) in [5.41, 5.74) is 9.45. The lowest BCUT2D eigenvalue weighted by Gasteiger charge is -2.07. The highest BCUT2D eigenvalue weighted by Crippen LogP contribution is 2.19. The van der Waals surface area contributed by atoms with Crippen LogP contribution in [-0.2, 0) is 19.5 Å². The lowest BCUT2D eigenvalue weighted by atomic mass is 10.1. The fraction of sp³-hybridized carbons (Fsp3) is 0.222. The van der Waals surface area contributed by atoms with E-state index in [1.165, 1.54) is 22.0 Å². The molecule has 0 atom stereocenters. The maximum Gasteiger partial charge on any atom is 0.118 e. The number of nitrogens with zero attached hydrogens (tertiary/aromatic N) is 1. The highest BCUT2D eigenvalue weighted by atomic mass is 16.5. The van der Waals surface area contributed by atoms with Gasteiger partial charge in [-0.25, -0.2) is 0 Å². The molecule has 0 unspecified atom stereocenters. The zero-order chi connectivity index (χ0) is 14.7. The van der Waals surface area contributed by atoms with Crippen LogP contribution in [0, 0.1) is 0 Å². The number of nitrogens with two attached hydrogens (primary N) is 1. The third-order valence-corrected chi connectivity index (χ3v) is 3.87. The summed E-state index contributed by atoms with van der Waals surface area (Å²) in [6, 6.07) is 16.8. The maximum atomic E-state index is 5.69. The van der Waals surface area contributed by atoms with Crippen LogP contribution >= 0.6 is 0 Å². The number of fused-ring (bicyclic) bond motifs is 1. The molecule has 2 aromatic carbocycles. The van der Waals surface area contributed by atoms with Crippen LogP contribution in [0.3, 0.4) is 0 Å². The molecule has 0 amide bonds. The van der Waals surface area contributed by atoms with Crippen molar-refractivity contribution in [3.63, 3.8) is 0 Å². The zero-order valence-electron chi connectivity index (χ0n) is 12.3. The molecule has 1 aromatic heterocycles. The van der Waals surface area contributed by atoms with E-state index in [1.807, 2.05) is 12.1 Å². The SMILES string of the molecule is COc1ccc(CCn2ccc3cc(CN)ccc32)cc1. The Morgan fingerprint density at radius 3 is 2.48 bits per heavy atom. The molecule has 0 aliphatic heterocycles. The molecule has 0 spiro atoms. The number of methoxy groups -OCH3 is 1. The first-order valence-electron chi connectivity index (χ1n) is 7.21. The fourth-order valence-electron chi connectivity index (χ4n) is 2.61. The van der Waals surface area contributed by atoms with Crippen molar-refractivity contribution in [2.75, 3.05) is 7.11 Å². The second-order valence-electron chi connectivity index (χ2n) is 5.20. The van der Waals surface area contributed by atoms with Crippen LogP contribution in [-0.4, -0.2) is 11.7 Å². The van der Waals surface area contributed by atoms with E-state index in [4.69, 9.17) is 10.5 Å². The molecule has 0 saturated carbocycles. The summed E-state index contributed by atoms with van der Waals surface area (Å²) in [6.07, 6.45) is 3.15. The second-order valence-corrected chi connectivity index (χ2v) is 5.20. The summed E-state index contributed by atoms with van der Waals surface area (Å²) >= 11 is 0. The van der Waals surface area contributed by atoms with E-state index in [1.54, 1.807) is 7.11 Å². The van der Waals surface area contributed by atoms with E-state index in [0.717, 1.165) is 18.7 Å². The monoisotopic (exact) mass is 280 g/mol. The first-order chi connectivity index (χ1) is 10.3. The predicted octanol–water partition coefficient (Wildman–Crippen LogP) is 3.35. The minimum Gasteiger partial charge on any atom is -0.497 e. The van der Waals surface area contributed by atoms with E-state index < -0.39 is 0 Å². The Labute approximate surface area is 125 Å². The Balaban J connectivity index is 1.75. The molecule has 2 N–H and O–H groups in total. The average Bonchev–Trinajstić information content (AvgIpc) is 2.95. The first-order valence-corrected chi connectivity index (χ1v) is 7.21. The number of benzene rings is 2. The largest absolute Gasteiger partial charge is 0.497 e. The summed E-state index contributed by atoms with van der Waals surface area (Å²) in [5.74, 6) is 0.902. The van der Waals surface area contributed by atoms with Crippen molar-refractivity contribution in [1.29, 1.82) is 0 Å². The summed E-state index contributed by atoms with van der Waals surface area (Å²) in [5, 5.41) is 1.26. The molecule has 3 rings (SSSR count). The molecule has 3 aromatic rings. The Kier molecular flexibility index (Phi) is 3.93. The minimum atomic E-state index is 0.590. The lowest BCUT2D eigenvalue weighted by molar-refractivity contribution is 0.414. The van der Waals surface area contributed by atoms with Gasteiger partial charge in [-0.3, -0.25) is 0 Å². The second kappa shape index (κ2) is 6.02. The van der Waals surface area contributed by atoms with E-state index in [2.05, 4.69) is 47.2 Å². The van der Waals surface area contributed by atoms with Crippen LogP contribution < -0.4 is 10.5 Å². The molecule has 0 fully saturated rings. The van der Waals surface area contributed by atoms with Crippen molar-refractivity contribution in [3.05, 3.63) is 65.9 Å². The van der Waals surface area contributed by atoms with Crippen LogP contribution in [0.4, 0.5) is 0 Å².